The van der Waals surface area contributed by atoms with E-state index in [2.05, 4.69) is 17.6 Å². The van der Waals surface area contributed by atoms with Crippen LogP contribution in [0.15, 0.2) is 0 Å². The number of aliphatic hydroxyl groups is 1. The standard InChI is InChI=1S/C11H22N2O5/c1-2-3-6-18-7-4-5-12-11(17)13-8-9(14)10(15)16/h9,14H,2-8H2,1H3,(H,15,16)(H2,12,13,17)/t9-/m0/s1. The molecule has 0 radical (unpaired) electrons. The molecular formula is C11H22N2O5. The highest BCUT2D eigenvalue weighted by atomic mass is 16.5. The lowest BCUT2D eigenvalue weighted by molar-refractivity contribution is -0.146. The summed E-state index contributed by atoms with van der Waals surface area (Å²) in [5.74, 6) is -1.36. The molecule has 1 atom stereocenters. The summed E-state index contributed by atoms with van der Waals surface area (Å²) in [4.78, 5) is 21.4. The van der Waals surface area contributed by atoms with E-state index < -0.39 is 18.1 Å². The van der Waals surface area contributed by atoms with Crippen LogP contribution in [0.3, 0.4) is 0 Å². The Bertz CT molecular complexity index is 248. The number of aliphatic carboxylic acids is 1. The van der Waals surface area contributed by atoms with Gasteiger partial charge in [-0.2, -0.15) is 0 Å². The molecule has 0 spiro atoms. The molecule has 0 heterocycles. The Hall–Kier alpha value is -1.34. The van der Waals surface area contributed by atoms with Crippen molar-refractivity contribution in [1.82, 2.24) is 10.6 Å². The normalized spacial score (nSPS) is 11.9. The van der Waals surface area contributed by atoms with Crippen LogP contribution in [0.2, 0.25) is 0 Å². The van der Waals surface area contributed by atoms with Gasteiger partial charge in [-0.15, -0.1) is 0 Å². The maximum absolute atomic E-state index is 11.1. The highest BCUT2D eigenvalue weighted by Crippen LogP contribution is 1.89. The Morgan fingerprint density at radius 3 is 2.50 bits per heavy atom. The van der Waals surface area contributed by atoms with Gasteiger partial charge in [0.1, 0.15) is 0 Å². The summed E-state index contributed by atoms with van der Waals surface area (Å²) in [5, 5.41) is 22.1. The van der Waals surface area contributed by atoms with Gasteiger partial charge in [0, 0.05) is 19.8 Å². The first kappa shape index (κ1) is 16.7. The lowest BCUT2D eigenvalue weighted by atomic mass is 10.3. The van der Waals surface area contributed by atoms with Crippen LogP contribution in [-0.2, 0) is 9.53 Å². The molecule has 0 bridgehead atoms. The number of hydrogen-bond donors (Lipinski definition) is 4. The molecule has 7 heteroatoms. The summed E-state index contributed by atoms with van der Waals surface area (Å²) in [5.41, 5.74) is 0. The number of hydrogen-bond acceptors (Lipinski definition) is 4. The maximum Gasteiger partial charge on any atom is 0.334 e. The van der Waals surface area contributed by atoms with E-state index in [1.165, 1.54) is 0 Å². The highest BCUT2D eigenvalue weighted by Gasteiger charge is 2.13. The third-order valence-corrected chi connectivity index (χ3v) is 2.13. The van der Waals surface area contributed by atoms with Gasteiger partial charge in [0.2, 0.25) is 0 Å². The number of aliphatic hydroxyl groups excluding tert-OH is 1. The largest absolute Gasteiger partial charge is 0.479 e. The van der Waals surface area contributed by atoms with Crippen molar-refractivity contribution in [2.75, 3.05) is 26.3 Å². The van der Waals surface area contributed by atoms with Gasteiger partial charge in [-0.05, 0) is 12.8 Å². The number of urea groups is 1. The smallest absolute Gasteiger partial charge is 0.334 e. The van der Waals surface area contributed by atoms with Crippen molar-refractivity contribution in [3.8, 4) is 0 Å². The molecule has 0 aliphatic heterocycles. The molecule has 0 aliphatic rings. The first-order chi connectivity index (χ1) is 8.57. The van der Waals surface area contributed by atoms with Crippen LogP contribution in [0.1, 0.15) is 26.2 Å². The third-order valence-electron chi connectivity index (χ3n) is 2.13. The molecule has 0 aromatic rings. The molecule has 7 nitrogen and oxygen atoms in total. The number of carboxylic acids is 1. The number of nitrogens with one attached hydrogen (secondary N) is 2. The summed E-state index contributed by atoms with van der Waals surface area (Å²) < 4.78 is 5.30. The van der Waals surface area contributed by atoms with Gasteiger partial charge in [-0.1, -0.05) is 13.3 Å². The molecule has 0 aliphatic carbocycles. The molecule has 2 amide bonds. The van der Waals surface area contributed by atoms with Gasteiger partial charge < -0.3 is 25.6 Å². The van der Waals surface area contributed by atoms with E-state index >= 15 is 0 Å². The van der Waals surface area contributed by atoms with Crippen LogP contribution in [0.4, 0.5) is 4.79 Å². The van der Waals surface area contributed by atoms with Gasteiger partial charge in [-0.25, -0.2) is 9.59 Å². The predicted molar refractivity (Wildman–Crippen MR) is 65.4 cm³/mol. The van der Waals surface area contributed by atoms with Crippen LogP contribution in [-0.4, -0.2) is 54.6 Å². The molecule has 18 heavy (non-hydrogen) atoms. The van der Waals surface area contributed by atoms with E-state index in [1.807, 2.05) is 0 Å². The Labute approximate surface area is 107 Å². The Morgan fingerprint density at radius 2 is 1.89 bits per heavy atom. The first-order valence-corrected chi connectivity index (χ1v) is 6.08. The molecule has 106 valence electrons. The van der Waals surface area contributed by atoms with E-state index in [9.17, 15) is 9.59 Å². The van der Waals surface area contributed by atoms with E-state index in [4.69, 9.17) is 14.9 Å². The second-order valence-corrected chi connectivity index (χ2v) is 3.81. The number of carbonyl (C=O) groups is 2. The number of unbranched alkanes of at least 4 members (excludes halogenated alkanes) is 1. The lowest BCUT2D eigenvalue weighted by Crippen LogP contribution is -2.42. The molecule has 0 unspecified atom stereocenters. The van der Waals surface area contributed by atoms with Crippen molar-refractivity contribution in [2.45, 2.75) is 32.3 Å². The zero-order valence-corrected chi connectivity index (χ0v) is 10.6. The molecule has 0 aromatic heterocycles. The van der Waals surface area contributed by atoms with Gasteiger partial charge in [0.05, 0.1) is 6.54 Å². The van der Waals surface area contributed by atoms with Crippen molar-refractivity contribution in [1.29, 1.82) is 0 Å². The minimum absolute atomic E-state index is 0.311. The number of carboxylic acid groups (broad SMARTS) is 1. The van der Waals surface area contributed by atoms with E-state index in [-0.39, 0.29) is 6.54 Å². The second kappa shape index (κ2) is 10.8. The van der Waals surface area contributed by atoms with Crippen molar-refractivity contribution < 1.29 is 24.5 Å². The van der Waals surface area contributed by atoms with Crippen molar-refractivity contribution in [2.24, 2.45) is 0 Å². The molecule has 0 saturated heterocycles. The zero-order chi connectivity index (χ0) is 13.8. The summed E-state index contributed by atoms with van der Waals surface area (Å²) in [6, 6.07) is -0.496. The lowest BCUT2D eigenvalue weighted by Gasteiger charge is -2.09. The van der Waals surface area contributed by atoms with Crippen LogP contribution < -0.4 is 10.6 Å². The summed E-state index contributed by atoms with van der Waals surface area (Å²) in [6.45, 7) is 3.53. The van der Waals surface area contributed by atoms with Crippen LogP contribution in [0.5, 0.6) is 0 Å². The highest BCUT2D eigenvalue weighted by molar-refractivity contribution is 5.76. The van der Waals surface area contributed by atoms with Gasteiger partial charge >= 0.3 is 12.0 Å². The molecular weight excluding hydrogens is 240 g/mol. The maximum atomic E-state index is 11.1. The fraction of sp³-hybridized carbons (Fsp3) is 0.818. The SMILES string of the molecule is CCCCOCCCNC(=O)NC[C@H](O)C(=O)O. The summed E-state index contributed by atoms with van der Waals surface area (Å²) >= 11 is 0. The third kappa shape index (κ3) is 9.86. The first-order valence-electron chi connectivity index (χ1n) is 6.08. The van der Waals surface area contributed by atoms with E-state index in [1.54, 1.807) is 0 Å². The minimum Gasteiger partial charge on any atom is -0.479 e. The van der Waals surface area contributed by atoms with Crippen LogP contribution in [0.25, 0.3) is 0 Å². The topological polar surface area (TPSA) is 108 Å². The average Bonchev–Trinajstić information content (AvgIpc) is 2.34. The number of amides is 2. The molecule has 4 N–H and O–H groups in total. The van der Waals surface area contributed by atoms with E-state index in [0.717, 1.165) is 19.4 Å². The average molecular weight is 262 g/mol. The molecule has 0 saturated carbocycles. The molecule has 0 rings (SSSR count). The van der Waals surface area contributed by atoms with Gasteiger partial charge in [0.25, 0.3) is 0 Å². The van der Waals surface area contributed by atoms with Crippen LogP contribution in [0, 0.1) is 0 Å². The Morgan fingerprint density at radius 1 is 1.22 bits per heavy atom. The van der Waals surface area contributed by atoms with Gasteiger partial charge in [0.15, 0.2) is 6.10 Å². The second-order valence-electron chi connectivity index (χ2n) is 3.81. The number of carbonyl (C=O) groups excluding carboxylic acids is 1. The number of rotatable bonds is 10. The van der Waals surface area contributed by atoms with Crippen LogP contribution >= 0.6 is 0 Å². The number of ether oxygens (including phenoxy) is 1. The Balaban J connectivity index is 3.35. The molecule has 0 aromatic carbocycles. The minimum atomic E-state index is -1.58. The van der Waals surface area contributed by atoms with Crippen molar-refractivity contribution >= 4 is 12.0 Å². The summed E-state index contributed by atoms with van der Waals surface area (Å²) in [7, 11) is 0. The zero-order valence-electron chi connectivity index (χ0n) is 10.6. The Kier molecular flexibility index (Phi) is 9.99. The van der Waals surface area contributed by atoms with Gasteiger partial charge in [-0.3, -0.25) is 0 Å². The predicted octanol–water partition coefficient (Wildman–Crippen LogP) is -0.0621. The van der Waals surface area contributed by atoms with E-state index in [0.29, 0.717) is 19.6 Å². The molecule has 0 fully saturated rings. The fourth-order valence-corrected chi connectivity index (χ4v) is 1.06. The van der Waals surface area contributed by atoms with Crippen molar-refractivity contribution in [3.63, 3.8) is 0 Å². The summed E-state index contributed by atoms with van der Waals surface area (Å²) in [6.07, 6.45) is 1.24. The quantitative estimate of drug-likeness (QED) is 0.412. The van der Waals surface area contributed by atoms with Crippen molar-refractivity contribution in [3.05, 3.63) is 0 Å². The fourth-order valence-electron chi connectivity index (χ4n) is 1.06. The monoisotopic (exact) mass is 262 g/mol.